The second-order valence-corrected chi connectivity index (χ2v) is 7.81. The van der Waals surface area contributed by atoms with E-state index in [1.54, 1.807) is 11.8 Å². The van der Waals surface area contributed by atoms with Crippen molar-refractivity contribution in [1.29, 1.82) is 0 Å². The van der Waals surface area contributed by atoms with Gasteiger partial charge in [0.1, 0.15) is 11.6 Å². The first-order valence-corrected chi connectivity index (χ1v) is 9.93. The highest BCUT2D eigenvalue weighted by molar-refractivity contribution is 5.79. The SMILES string of the molecule is CC(=O)N1CCC(C(=O)N2CCC[C@@H](CCc3c(F)cccc3F)C2)CC1. The average Bonchev–Trinajstić information content (AvgIpc) is 2.67. The number of halogens is 2. The first-order valence-electron chi connectivity index (χ1n) is 9.93. The fourth-order valence-corrected chi connectivity index (χ4v) is 4.32. The lowest BCUT2D eigenvalue weighted by molar-refractivity contribution is -0.141. The summed E-state index contributed by atoms with van der Waals surface area (Å²) in [6.45, 7) is 4.29. The molecule has 2 amide bonds. The smallest absolute Gasteiger partial charge is 0.225 e. The van der Waals surface area contributed by atoms with Gasteiger partial charge in [0.25, 0.3) is 0 Å². The molecule has 0 spiro atoms. The fraction of sp³-hybridized carbons (Fsp3) is 0.619. The highest BCUT2D eigenvalue weighted by Crippen LogP contribution is 2.27. The van der Waals surface area contributed by atoms with Crippen molar-refractivity contribution in [1.82, 2.24) is 9.80 Å². The van der Waals surface area contributed by atoms with Gasteiger partial charge in [0.05, 0.1) is 0 Å². The van der Waals surface area contributed by atoms with E-state index >= 15 is 0 Å². The predicted octanol–water partition coefficient (Wildman–Crippen LogP) is 3.39. The Kier molecular flexibility index (Phi) is 6.45. The molecule has 0 radical (unpaired) electrons. The highest BCUT2D eigenvalue weighted by Gasteiger charge is 2.32. The molecule has 1 atom stereocenters. The number of piperidine rings is 2. The van der Waals surface area contributed by atoms with Crippen LogP contribution in [0.4, 0.5) is 8.78 Å². The van der Waals surface area contributed by atoms with Gasteiger partial charge in [-0.25, -0.2) is 8.78 Å². The van der Waals surface area contributed by atoms with E-state index in [1.165, 1.54) is 18.2 Å². The molecule has 0 unspecified atom stereocenters. The zero-order valence-electron chi connectivity index (χ0n) is 15.9. The number of carbonyl (C=O) groups is 2. The van der Waals surface area contributed by atoms with Gasteiger partial charge in [0.2, 0.25) is 11.8 Å². The molecule has 0 aromatic heterocycles. The maximum atomic E-state index is 13.8. The summed E-state index contributed by atoms with van der Waals surface area (Å²) in [7, 11) is 0. The number of hydrogen-bond donors (Lipinski definition) is 0. The van der Waals surface area contributed by atoms with E-state index < -0.39 is 11.6 Å². The van der Waals surface area contributed by atoms with Crippen molar-refractivity contribution in [2.24, 2.45) is 11.8 Å². The van der Waals surface area contributed by atoms with Gasteiger partial charge in [0, 0.05) is 44.6 Å². The minimum atomic E-state index is -0.490. The number of amides is 2. The van der Waals surface area contributed by atoms with E-state index in [-0.39, 0.29) is 29.2 Å². The minimum absolute atomic E-state index is 0.0108. The third-order valence-electron chi connectivity index (χ3n) is 5.98. The lowest BCUT2D eigenvalue weighted by Crippen LogP contribution is -2.47. The van der Waals surface area contributed by atoms with Gasteiger partial charge in [-0.05, 0) is 56.6 Å². The summed E-state index contributed by atoms with van der Waals surface area (Å²) in [5, 5.41) is 0. The number of nitrogens with zero attached hydrogens (tertiary/aromatic N) is 2. The maximum Gasteiger partial charge on any atom is 0.225 e. The first-order chi connectivity index (χ1) is 13.0. The van der Waals surface area contributed by atoms with Crippen LogP contribution < -0.4 is 0 Å². The molecule has 0 bridgehead atoms. The third-order valence-corrected chi connectivity index (χ3v) is 5.98. The summed E-state index contributed by atoms with van der Waals surface area (Å²) in [4.78, 5) is 28.0. The van der Waals surface area contributed by atoms with Gasteiger partial charge in [0.15, 0.2) is 0 Å². The summed E-state index contributed by atoms with van der Waals surface area (Å²) < 4.78 is 27.6. The van der Waals surface area contributed by atoms with Crippen molar-refractivity contribution in [2.75, 3.05) is 26.2 Å². The van der Waals surface area contributed by atoms with Crippen LogP contribution in [0.2, 0.25) is 0 Å². The molecule has 1 aromatic rings. The number of rotatable bonds is 4. The van der Waals surface area contributed by atoms with Crippen molar-refractivity contribution in [3.05, 3.63) is 35.4 Å². The Labute approximate surface area is 159 Å². The Morgan fingerprint density at radius 2 is 1.70 bits per heavy atom. The van der Waals surface area contributed by atoms with Crippen LogP contribution in [0.1, 0.15) is 44.6 Å². The third kappa shape index (κ3) is 4.85. The zero-order chi connectivity index (χ0) is 19.4. The monoisotopic (exact) mass is 378 g/mol. The number of carbonyl (C=O) groups excluding carboxylic acids is 2. The zero-order valence-corrected chi connectivity index (χ0v) is 15.9. The molecule has 0 N–H and O–H groups in total. The number of hydrogen-bond acceptors (Lipinski definition) is 2. The van der Waals surface area contributed by atoms with E-state index in [0.29, 0.717) is 32.5 Å². The van der Waals surface area contributed by atoms with Crippen LogP contribution in [-0.2, 0) is 16.0 Å². The lowest BCUT2D eigenvalue weighted by atomic mass is 9.89. The molecule has 6 heteroatoms. The molecule has 2 aliphatic heterocycles. The summed E-state index contributed by atoms with van der Waals surface area (Å²) >= 11 is 0. The number of likely N-dealkylation sites (tertiary alicyclic amines) is 2. The van der Waals surface area contributed by atoms with E-state index in [1.807, 2.05) is 4.90 Å². The van der Waals surface area contributed by atoms with Gasteiger partial charge < -0.3 is 9.80 Å². The van der Waals surface area contributed by atoms with Crippen molar-refractivity contribution in [3.63, 3.8) is 0 Å². The van der Waals surface area contributed by atoms with Crippen LogP contribution in [-0.4, -0.2) is 47.8 Å². The molecule has 0 saturated carbocycles. The van der Waals surface area contributed by atoms with E-state index in [2.05, 4.69) is 0 Å². The van der Waals surface area contributed by atoms with Crippen molar-refractivity contribution in [3.8, 4) is 0 Å². The van der Waals surface area contributed by atoms with Gasteiger partial charge in [-0.1, -0.05) is 6.07 Å². The number of benzene rings is 1. The molecule has 2 fully saturated rings. The summed E-state index contributed by atoms with van der Waals surface area (Å²) in [6, 6.07) is 3.97. The summed E-state index contributed by atoms with van der Waals surface area (Å²) in [5.74, 6) is -0.464. The molecule has 4 nitrogen and oxygen atoms in total. The Bertz CT molecular complexity index is 667. The van der Waals surface area contributed by atoms with Crippen LogP contribution in [0.15, 0.2) is 18.2 Å². The highest BCUT2D eigenvalue weighted by atomic mass is 19.1. The average molecular weight is 378 g/mol. The van der Waals surface area contributed by atoms with Crippen molar-refractivity contribution in [2.45, 2.75) is 45.4 Å². The topological polar surface area (TPSA) is 40.6 Å². The molecule has 1 aromatic carbocycles. The molecular formula is C21H28F2N2O2. The standard InChI is InChI=1S/C21H28F2N2O2/c1-15(26)24-12-9-17(10-13-24)21(27)25-11-3-4-16(14-25)7-8-18-19(22)5-2-6-20(18)23/h2,5-6,16-17H,3-4,7-14H2,1H3/t16-/m0/s1. The fourth-order valence-electron chi connectivity index (χ4n) is 4.32. The van der Waals surface area contributed by atoms with Gasteiger partial charge >= 0.3 is 0 Å². The normalized spacial score (nSPS) is 21.4. The molecular weight excluding hydrogens is 350 g/mol. The maximum absolute atomic E-state index is 13.8. The predicted molar refractivity (Wildman–Crippen MR) is 99.0 cm³/mol. The summed E-state index contributed by atoms with van der Waals surface area (Å²) in [6.07, 6.45) is 4.41. The van der Waals surface area contributed by atoms with Crippen LogP contribution in [0.3, 0.4) is 0 Å². The first kappa shape index (κ1) is 19.8. The van der Waals surface area contributed by atoms with E-state index in [4.69, 9.17) is 0 Å². The molecule has 3 rings (SSSR count). The Balaban J connectivity index is 1.52. The van der Waals surface area contributed by atoms with Gasteiger partial charge in [-0.15, -0.1) is 0 Å². The Morgan fingerprint density at radius 3 is 2.33 bits per heavy atom. The van der Waals surface area contributed by atoms with Crippen LogP contribution in [0.25, 0.3) is 0 Å². The van der Waals surface area contributed by atoms with Crippen LogP contribution in [0.5, 0.6) is 0 Å². The Morgan fingerprint density at radius 1 is 1.04 bits per heavy atom. The molecule has 27 heavy (non-hydrogen) atoms. The summed E-state index contributed by atoms with van der Waals surface area (Å²) in [5.41, 5.74) is 0.151. The van der Waals surface area contributed by atoms with E-state index in [9.17, 15) is 18.4 Å². The van der Waals surface area contributed by atoms with Gasteiger partial charge in [-0.3, -0.25) is 9.59 Å². The van der Waals surface area contributed by atoms with Gasteiger partial charge in [-0.2, -0.15) is 0 Å². The quantitative estimate of drug-likeness (QED) is 0.806. The van der Waals surface area contributed by atoms with Crippen LogP contribution in [0, 0.1) is 23.5 Å². The van der Waals surface area contributed by atoms with Crippen molar-refractivity contribution >= 4 is 11.8 Å². The largest absolute Gasteiger partial charge is 0.343 e. The van der Waals surface area contributed by atoms with Crippen LogP contribution >= 0.6 is 0 Å². The minimum Gasteiger partial charge on any atom is -0.343 e. The lowest BCUT2D eigenvalue weighted by Gasteiger charge is -2.37. The molecule has 0 aliphatic carbocycles. The molecule has 2 heterocycles. The van der Waals surface area contributed by atoms with Crippen molar-refractivity contribution < 1.29 is 18.4 Å². The second-order valence-electron chi connectivity index (χ2n) is 7.81. The molecule has 148 valence electrons. The van der Waals surface area contributed by atoms with E-state index in [0.717, 1.165) is 32.2 Å². The molecule has 2 aliphatic rings. The molecule has 2 saturated heterocycles. The second kappa shape index (κ2) is 8.81. The Hall–Kier alpha value is -1.98.